The summed E-state index contributed by atoms with van der Waals surface area (Å²) in [4.78, 5) is 27.5. The van der Waals surface area contributed by atoms with Gasteiger partial charge in [0.25, 0.3) is 5.91 Å². The molecule has 2 aliphatic heterocycles. The van der Waals surface area contributed by atoms with Gasteiger partial charge in [-0.25, -0.2) is 4.79 Å². The van der Waals surface area contributed by atoms with E-state index in [0.717, 1.165) is 17.7 Å². The molecule has 2 fully saturated rings. The average Bonchev–Trinajstić information content (AvgIpc) is 3.08. The van der Waals surface area contributed by atoms with Gasteiger partial charge >= 0.3 is 6.09 Å². The van der Waals surface area contributed by atoms with Gasteiger partial charge in [-0.15, -0.1) is 0 Å². The first kappa shape index (κ1) is 19.4. The van der Waals surface area contributed by atoms with E-state index in [-0.39, 0.29) is 18.5 Å². The Hall–Kier alpha value is -2.32. The van der Waals surface area contributed by atoms with Crippen LogP contribution in [0, 0.1) is 0 Å². The predicted molar refractivity (Wildman–Crippen MR) is 98.4 cm³/mol. The topological polar surface area (TPSA) is 91.3 Å². The van der Waals surface area contributed by atoms with Gasteiger partial charge in [0.05, 0.1) is 13.7 Å². The highest BCUT2D eigenvalue weighted by molar-refractivity contribution is 5.86. The first-order valence-electron chi connectivity index (χ1n) is 9.29. The minimum atomic E-state index is -1.41. The summed E-state index contributed by atoms with van der Waals surface area (Å²) in [6.07, 6.45) is 0.861. The van der Waals surface area contributed by atoms with E-state index < -0.39 is 5.60 Å². The van der Waals surface area contributed by atoms with Crippen molar-refractivity contribution >= 4 is 12.0 Å². The molecule has 0 aliphatic carbocycles. The number of cyclic esters (lactones) is 1. The number of methoxy groups -OCH3 is 1. The van der Waals surface area contributed by atoms with Crippen LogP contribution in [0.5, 0.6) is 5.75 Å². The summed E-state index contributed by atoms with van der Waals surface area (Å²) in [6, 6.07) is 7.59. The van der Waals surface area contributed by atoms with Crippen molar-refractivity contribution in [1.29, 1.82) is 0 Å². The number of piperidine rings is 1. The van der Waals surface area contributed by atoms with Crippen molar-refractivity contribution in [3.05, 3.63) is 29.8 Å². The fraction of sp³-hybridized carbons (Fsp3) is 0.579. The number of ether oxygens (including phenoxy) is 2. The quantitative estimate of drug-likeness (QED) is 0.645. The standard InChI is InChI=1S/C19H27N3O5/c1-26-16-5-2-4-15(12-16)13-22-8-3-6-19(25,17(22)23)14-20-7-9-21-10-11-27-18(21)24/h2,4-5,12,20,25H,3,6-11,13-14H2,1H3/t19-/m1/s1. The van der Waals surface area contributed by atoms with Crippen molar-refractivity contribution in [3.63, 3.8) is 0 Å². The lowest BCUT2D eigenvalue weighted by Gasteiger charge is -2.38. The molecule has 8 heteroatoms. The monoisotopic (exact) mass is 377 g/mol. The van der Waals surface area contributed by atoms with Gasteiger partial charge in [0.2, 0.25) is 0 Å². The summed E-state index contributed by atoms with van der Waals surface area (Å²) in [5.41, 5.74) is -0.449. The van der Waals surface area contributed by atoms with Crippen molar-refractivity contribution in [1.82, 2.24) is 15.1 Å². The van der Waals surface area contributed by atoms with Crippen LogP contribution in [0.1, 0.15) is 18.4 Å². The second-order valence-electron chi connectivity index (χ2n) is 6.99. The Bertz CT molecular complexity index is 683. The molecular formula is C19H27N3O5. The molecule has 8 nitrogen and oxygen atoms in total. The van der Waals surface area contributed by atoms with Crippen molar-refractivity contribution in [2.75, 3.05) is 46.4 Å². The number of likely N-dealkylation sites (tertiary alicyclic amines) is 1. The molecule has 27 heavy (non-hydrogen) atoms. The van der Waals surface area contributed by atoms with E-state index >= 15 is 0 Å². The predicted octanol–water partition coefficient (Wildman–Crippen LogP) is 0.591. The number of benzene rings is 1. The maximum Gasteiger partial charge on any atom is 0.409 e. The molecule has 1 aromatic carbocycles. The van der Waals surface area contributed by atoms with Gasteiger partial charge < -0.3 is 29.7 Å². The van der Waals surface area contributed by atoms with Crippen LogP contribution in [-0.4, -0.2) is 78.9 Å². The third-order valence-electron chi connectivity index (χ3n) is 5.03. The lowest BCUT2D eigenvalue weighted by atomic mass is 9.91. The largest absolute Gasteiger partial charge is 0.497 e. The smallest absolute Gasteiger partial charge is 0.409 e. The van der Waals surface area contributed by atoms with Gasteiger partial charge in [-0.1, -0.05) is 12.1 Å². The molecule has 0 radical (unpaired) electrons. The molecule has 2 amide bonds. The minimum absolute atomic E-state index is 0.170. The Labute approximate surface area is 159 Å². The number of hydrogen-bond acceptors (Lipinski definition) is 6. The molecular weight excluding hydrogens is 350 g/mol. The highest BCUT2D eigenvalue weighted by atomic mass is 16.6. The summed E-state index contributed by atoms with van der Waals surface area (Å²) in [5.74, 6) is 0.485. The van der Waals surface area contributed by atoms with Crippen LogP contribution < -0.4 is 10.1 Å². The molecule has 2 N–H and O–H groups in total. The Kier molecular flexibility index (Phi) is 6.18. The summed E-state index contributed by atoms with van der Waals surface area (Å²) in [7, 11) is 1.61. The molecule has 0 aromatic heterocycles. The van der Waals surface area contributed by atoms with Gasteiger partial charge in [-0.05, 0) is 30.5 Å². The van der Waals surface area contributed by atoms with Crippen molar-refractivity contribution in [3.8, 4) is 5.75 Å². The normalized spacial score (nSPS) is 22.9. The van der Waals surface area contributed by atoms with Gasteiger partial charge in [0.15, 0.2) is 5.60 Å². The molecule has 1 aromatic rings. The number of rotatable bonds is 8. The Balaban J connectivity index is 1.52. The van der Waals surface area contributed by atoms with Crippen LogP contribution >= 0.6 is 0 Å². The molecule has 148 valence electrons. The number of nitrogens with zero attached hydrogens (tertiary/aromatic N) is 2. The number of amides is 2. The molecule has 0 spiro atoms. The van der Waals surface area contributed by atoms with Crippen molar-refractivity contribution < 1.29 is 24.2 Å². The minimum Gasteiger partial charge on any atom is -0.497 e. The highest BCUT2D eigenvalue weighted by Gasteiger charge is 2.41. The maximum absolute atomic E-state index is 12.8. The molecule has 3 rings (SSSR count). The van der Waals surface area contributed by atoms with E-state index in [1.165, 1.54) is 0 Å². The zero-order valence-electron chi connectivity index (χ0n) is 15.6. The van der Waals surface area contributed by atoms with E-state index in [9.17, 15) is 14.7 Å². The van der Waals surface area contributed by atoms with Crippen LogP contribution in [0.2, 0.25) is 0 Å². The van der Waals surface area contributed by atoms with Gasteiger partial charge in [0, 0.05) is 32.7 Å². The van der Waals surface area contributed by atoms with E-state index in [1.807, 2.05) is 24.3 Å². The van der Waals surface area contributed by atoms with Crippen LogP contribution in [0.25, 0.3) is 0 Å². The number of aliphatic hydroxyl groups is 1. The second-order valence-corrected chi connectivity index (χ2v) is 6.99. The number of carbonyl (C=O) groups excluding carboxylic acids is 2. The molecule has 0 bridgehead atoms. The molecule has 2 heterocycles. The van der Waals surface area contributed by atoms with Crippen LogP contribution in [-0.2, 0) is 16.1 Å². The lowest BCUT2D eigenvalue weighted by Crippen LogP contribution is -2.58. The first-order valence-corrected chi connectivity index (χ1v) is 9.29. The number of nitrogens with one attached hydrogen (secondary N) is 1. The zero-order valence-corrected chi connectivity index (χ0v) is 15.6. The Morgan fingerprint density at radius 3 is 2.89 bits per heavy atom. The van der Waals surface area contributed by atoms with Crippen molar-refractivity contribution in [2.45, 2.75) is 25.0 Å². The van der Waals surface area contributed by atoms with Gasteiger partial charge in [-0.3, -0.25) is 4.79 Å². The molecule has 0 unspecified atom stereocenters. The van der Waals surface area contributed by atoms with Gasteiger partial charge in [-0.2, -0.15) is 0 Å². The Morgan fingerprint density at radius 2 is 2.15 bits per heavy atom. The molecule has 1 atom stereocenters. The lowest BCUT2D eigenvalue weighted by molar-refractivity contribution is -0.157. The molecule has 0 saturated carbocycles. The number of hydrogen-bond donors (Lipinski definition) is 2. The van der Waals surface area contributed by atoms with Crippen LogP contribution in [0.3, 0.4) is 0 Å². The fourth-order valence-corrected chi connectivity index (χ4v) is 3.51. The van der Waals surface area contributed by atoms with Crippen LogP contribution in [0.15, 0.2) is 24.3 Å². The van der Waals surface area contributed by atoms with Crippen molar-refractivity contribution in [2.24, 2.45) is 0 Å². The van der Waals surface area contributed by atoms with E-state index in [2.05, 4.69) is 5.32 Å². The fourth-order valence-electron chi connectivity index (χ4n) is 3.51. The zero-order chi connectivity index (χ0) is 19.3. The average molecular weight is 377 g/mol. The first-order chi connectivity index (χ1) is 13.0. The van der Waals surface area contributed by atoms with Gasteiger partial charge in [0.1, 0.15) is 12.4 Å². The highest BCUT2D eigenvalue weighted by Crippen LogP contribution is 2.24. The van der Waals surface area contributed by atoms with E-state index in [4.69, 9.17) is 9.47 Å². The van der Waals surface area contributed by atoms with E-state index in [1.54, 1.807) is 16.9 Å². The summed E-state index contributed by atoms with van der Waals surface area (Å²) < 4.78 is 10.1. The SMILES string of the molecule is COc1cccc(CN2CCC[C@@](O)(CNCCN3CCOC3=O)C2=O)c1. The maximum atomic E-state index is 12.8. The third kappa shape index (κ3) is 4.70. The second kappa shape index (κ2) is 8.58. The summed E-state index contributed by atoms with van der Waals surface area (Å²) in [6.45, 7) is 3.23. The summed E-state index contributed by atoms with van der Waals surface area (Å²) in [5, 5.41) is 14.0. The Morgan fingerprint density at radius 1 is 1.30 bits per heavy atom. The van der Waals surface area contributed by atoms with E-state index in [0.29, 0.717) is 45.8 Å². The third-order valence-corrected chi connectivity index (χ3v) is 5.03. The van der Waals surface area contributed by atoms with Crippen LogP contribution in [0.4, 0.5) is 4.79 Å². The molecule has 2 aliphatic rings. The summed E-state index contributed by atoms with van der Waals surface area (Å²) >= 11 is 0. The molecule has 2 saturated heterocycles. The number of carbonyl (C=O) groups is 2.